The van der Waals surface area contributed by atoms with E-state index in [0.717, 1.165) is 12.3 Å². The largest absolute Gasteiger partial charge is 0.374 e. The van der Waals surface area contributed by atoms with Gasteiger partial charge in [0.25, 0.3) is 0 Å². The lowest BCUT2D eigenvalue weighted by molar-refractivity contribution is 0.282. The van der Waals surface area contributed by atoms with Gasteiger partial charge in [-0.3, -0.25) is 0 Å². The van der Waals surface area contributed by atoms with Crippen LogP contribution in [0.5, 0.6) is 0 Å². The zero-order valence-electron chi connectivity index (χ0n) is 12.9. The Balaban J connectivity index is 2.86. The molecule has 0 fully saturated rings. The molecule has 108 valence electrons. The van der Waals surface area contributed by atoms with Gasteiger partial charge in [0.05, 0.1) is 0 Å². The number of hydrogen-bond donors (Lipinski definition) is 1. The average Bonchev–Trinajstić information content (AvgIpc) is 2.39. The van der Waals surface area contributed by atoms with Crippen molar-refractivity contribution < 1.29 is 0 Å². The zero-order valence-corrected chi connectivity index (χ0v) is 13.8. The maximum atomic E-state index is 4.66. The van der Waals surface area contributed by atoms with Crippen LogP contribution in [-0.4, -0.2) is 19.3 Å². The van der Waals surface area contributed by atoms with Crippen LogP contribution in [0, 0.1) is 12.3 Å². The molecule has 0 aliphatic rings. The Morgan fingerprint density at radius 2 is 1.68 bits per heavy atom. The van der Waals surface area contributed by atoms with E-state index in [-0.39, 0.29) is 0 Å². The van der Waals surface area contributed by atoms with Crippen LogP contribution in [0.3, 0.4) is 0 Å². The highest BCUT2D eigenvalue weighted by Gasteiger charge is 2.28. The number of thiol groups is 1. The van der Waals surface area contributed by atoms with E-state index >= 15 is 0 Å². The first-order valence-electron chi connectivity index (χ1n) is 7.46. The van der Waals surface area contributed by atoms with E-state index in [9.17, 15) is 0 Å². The van der Waals surface area contributed by atoms with Crippen molar-refractivity contribution in [3.05, 3.63) is 29.8 Å². The summed E-state index contributed by atoms with van der Waals surface area (Å²) in [5, 5.41) is 0. The van der Waals surface area contributed by atoms with Gasteiger partial charge in [0.1, 0.15) is 0 Å². The molecule has 1 nitrogen and oxygen atoms in total. The van der Waals surface area contributed by atoms with Crippen molar-refractivity contribution in [2.45, 2.75) is 46.5 Å². The van der Waals surface area contributed by atoms with Gasteiger partial charge in [0.2, 0.25) is 0 Å². The number of para-hydroxylation sites is 1. The molecule has 0 atom stereocenters. The van der Waals surface area contributed by atoms with Crippen molar-refractivity contribution in [1.82, 2.24) is 0 Å². The van der Waals surface area contributed by atoms with Gasteiger partial charge in [-0.15, -0.1) is 0 Å². The van der Waals surface area contributed by atoms with Gasteiger partial charge in [0.15, 0.2) is 0 Å². The van der Waals surface area contributed by atoms with Crippen LogP contribution in [-0.2, 0) is 0 Å². The Kier molecular flexibility index (Phi) is 6.78. The fourth-order valence-corrected chi connectivity index (χ4v) is 3.55. The Hall–Kier alpha value is -0.630. The molecule has 0 saturated carbocycles. The number of aryl methyl sites for hydroxylation is 1. The molecule has 1 rings (SSSR count). The van der Waals surface area contributed by atoms with Gasteiger partial charge in [-0.1, -0.05) is 44.9 Å². The molecule has 0 bridgehead atoms. The van der Waals surface area contributed by atoms with Gasteiger partial charge in [-0.2, -0.15) is 12.6 Å². The summed E-state index contributed by atoms with van der Waals surface area (Å²) in [6.45, 7) is 7.85. The fraction of sp³-hybridized carbons (Fsp3) is 0.647. The van der Waals surface area contributed by atoms with E-state index < -0.39 is 0 Å². The summed E-state index contributed by atoms with van der Waals surface area (Å²) in [4.78, 5) is 2.41. The van der Waals surface area contributed by atoms with E-state index in [2.05, 4.69) is 69.6 Å². The van der Waals surface area contributed by atoms with Crippen LogP contribution >= 0.6 is 12.6 Å². The molecule has 0 unspecified atom stereocenters. The van der Waals surface area contributed by atoms with Gasteiger partial charge in [0, 0.05) is 19.3 Å². The monoisotopic (exact) mass is 279 g/mol. The molecule has 2 heteroatoms. The normalized spacial score (nSPS) is 11.6. The van der Waals surface area contributed by atoms with E-state index in [1.807, 2.05) is 0 Å². The molecule has 0 saturated heterocycles. The van der Waals surface area contributed by atoms with E-state index in [1.165, 1.54) is 36.9 Å². The highest BCUT2D eigenvalue weighted by Crippen LogP contribution is 2.34. The van der Waals surface area contributed by atoms with Gasteiger partial charge in [-0.05, 0) is 42.6 Å². The second-order valence-electron chi connectivity index (χ2n) is 5.80. The van der Waals surface area contributed by atoms with Gasteiger partial charge < -0.3 is 4.90 Å². The third-order valence-corrected chi connectivity index (χ3v) is 4.67. The minimum Gasteiger partial charge on any atom is -0.374 e. The first-order valence-corrected chi connectivity index (χ1v) is 8.09. The summed E-state index contributed by atoms with van der Waals surface area (Å²) in [6.07, 6.45) is 5.01. The van der Waals surface area contributed by atoms with Crippen LogP contribution < -0.4 is 4.90 Å². The highest BCUT2D eigenvalue weighted by molar-refractivity contribution is 7.80. The summed E-state index contributed by atoms with van der Waals surface area (Å²) < 4.78 is 0. The van der Waals surface area contributed by atoms with E-state index in [0.29, 0.717) is 5.41 Å². The number of hydrogen-bond acceptors (Lipinski definition) is 2. The molecule has 0 aliphatic carbocycles. The molecule has 1 aromatic rings. The Morgan fingerprint density at radius 3 is 2.16 bits per heavy atom. The van der Waals surface area contributed by atoms with Crippen LogP contribution in [0.2, 0.25) is 0 Å². The molecule has 0 radical (unpaired) electrons. The predicted molar refractivity (Wildman–Crippen MR) is 90.6 cm³/mol. The Bertz CT molecular complexity index is 369. The van der Waals surface area contributed by atoms with Crippen molar-refractivity contribution in [1.29, 1.82) is 0 Å². The Morgan fingerprint density at radius 1 is 1.11 bits per heavy atom. The number of nitrogens with zero attached hydrogens (tertiary/aromatic N) is 1. The first kappa shape index (κ1) is 16.4. The molecule has 0 aliphatic heterocycles. The quantitative estimate of drug-likeness (QED) is 0.659. The fourth-order valence-electron chi connectivity index (χ4n) is 3.13. The number of rotatable bonds is 8. The van der Waals surface area contributed by atoms with Gasteiger partial charge >= 0.3 is 0 Å². The summed E-state index contributed by atoms with van der Waals surface area (Å²) in [5.41, 5.74) is 3.05. The van der Waals surface area contributed by atoms with Crippen molar-refractivity contribution in [2.75, 3.05) is 24.2 Å². The smallest absolute Gasteiger partial charge is 0.0393 e. The molecule has 0 aromatic heterocycles. The van der Waals surface area contributed by atoms with Gasteiger partial charge in [-0.25, -0.2) is 0 Å². The minimum absolute atomic E-state index is 0.351. The van der Waals surface area contributed by atoms with Crippen molar-refractivity contribution >= 4 is 18.3 Å². The summed E-state index contributed by atoms with van der Waals surface area (Å²) in [5.74, 6) is 0.977. The number of anilines is 1. The second-order valence-corrected chi connectivity index (χ2v) is 6.12. The third-order valence-electron chi connectivity index (χ3n) is 4.00. The summed E-state index contributed by atoms with van der Waals surface area (Å²) >= 11 is 4.66. The Labute approximate surface area is 124 Å². The third kappa shape index (κ3) is 4.45. The topological polar surface area (TPSA) is 3.24 Å². The van der Waals surface area contributed by atoms with Crippen LogP contribution in [0.1, 0.15) is 45.1 Å². The summed E-state index contributed by atoms with van der Waals surface area (Å²) in [6, 6.07) is 8.64. The predicted octanol–water partition coefficient (Wildman–Crippen LogP) is 4.95. The van der Waals surface area contributed by atoms with E-state index in [4.69, 9.17) is 0 Å². The zero-order chi connectivity index (χ0) is 14.3. The minimum atomic E-state index is 0.351. The van der Waals surface area contributed by atoms with Crippen molar-refractivity contribution in [3.63, 3.8) is 0 Å². The second kappa shape index (κ2) is 7.84. The van der Waals surface area contributed by atoms with Crippen molar-refractivity contribution in [2.24, 2.45) is 5.41 Å². The molecule has 1 aromatic carbocycles. The maximum Gasteiger partial charge on any atom is 0.0393 e. The molecule has 0 N–H and O–H groups in total. The SMILES string of the molecule is CCCC(CS)(CCC)CN(C)c1ccccc1C. The molecular formula is C17H29NS. The first-order chi connectivity index (χ1) is 9.08. The molecule has 19 heavy (non-hydrogen) atoms. The standard InChI is InChI=1S/C17H29NS/c1-5-11-17(14-19,12-6-2)13-18(4)16-10-8-7-9-15(16)3/h7-10,19H,5-6,11-14H2,1-4H3. The highest BCUT2D eigenvalue weighted by atomic mass is 32.1. The average molecular weight is 279 g/mol. The molecular weight excluding hydrogens is 250 g/mol. The van der Waals surface area contributed by atoms with Crippen LogP contribution in [0.25, 0.3) is 0 Å². The maximum absolute atomic E-state index is 4.66. The van der Waals surface area contributed by atoms with Crippen molar-refractivity contribution in [3.8, 4) is 0 Å². The summed E-state index contributed by atoms with van der Waals surface area (Å²) in [7, 11) is 2.21. The van der Waals surface area contributed by atoms with Crippen LogP contribution in [0.15, 0.2) is 24.3 Å². The molecule has 0 heterocycles. The molecule has 0 amide bonds. The van der Waals surface area contributed by atoms with E-state index in [1.54, 1.807) is 0 Å². The lowest BCUT2D eigenvalue weighted by Gasteiger charge is -2.37. The molecule has 0 spiro atoms. The lowest BCUT2D eigenvalue weighted by atomic mass is 9.80. The number of benzene rings is 1. The lowest BCUT2D eigenvalue weighted by Crippen LogP contribution is -2.37. The van der Waals surface area contributed by atoms with Crippen LogP contribution in [0.4, 0.5) is 5.69 Å².